The predicted molar refractivity (Wildman–Crippen MR) is 86.2 cm³/mol. The molecule has 1 aromatic carbocycles. The lowest BCUT2D eigenvalue weighted by Gasteiger charge is -2.16. The Bertz CT molecular complexity index is 537. The van der Waals surface area contributed by atoms with Crippen LogP contribution in [0.15, 0.2) is 30.3 Å². The van der Waals surface area contributed by atoms with Crippen LogP contribution in [0.5, 0.6) is 0 Å². The standard InChI is InChI=1S/C16H22N2OS/c1-12(2)9-10-18(3)16-17-15(14(11-19)20-16)13-7-5-4-6-8-13/h4-8,12,19H,9-11H2,1-3H3. The monoisotopic (exact) mass is 290 g/mol. The van der Waals surface area contributed by atoms with E-state index in [9.17, 15) is 5.11 Å². The number of thiazole rings is 1. The van der Waals surface area contributed by atoms with Crippen molar-refractivity contribution in [3.63, 3.8) is 0 Å². The van der Waals surface area contributed by atoms with Crippen LogP contribution in [0.1, 0.15) is 25.1 Å². The highest BCUT2D eigenvalue weighted by Gasteiger charge is 2.15. The molecular weight excluding hydrogens is 268 g/mol. The van der Waals surface area contributed by atoms with Crippen LogP contribution < -0.4 is 4.90 Å². The van der Waals surface area contributed by atoms with Crippen LogP contribution in [-0.2, 0) is 6.61 Å². The zero-order valence-corrected chi connectivity index (χ0v) is 13.2. The Labute approximate surface area is 124 Å². The van der Waals surface area contributed by atoms with Crippen molar-refractivity contribution >= 4 is 16.5 Å². The minimum Gasteiger partial charge on any atom is -0.391 e. The molecule has 1 aromatic heterocycles. The number of rotatable bonds is 6. The molecule has 0 aliphatic heterocycles. The molecule has 0 atom stereocenters. The topological polar surface area (TPSA) is 36.4 Å². The van der Waals surface area contributed by atoms with Crippen molar-refractivity contribution in [1.82, 2.24) is 4.98 Å². The Balaban J connectivity index is 2.23. The lowest BCUT2D eigenvalue weighted by Crippen LogP contribution is -2.19. The number of aliphatic hydroxyl groups is 1. The highest BCUT2D eigenvalue weighted by atomic mass is 32.1. The van der Waals surface area contributed by atoms with Crippen molar-refractivity contribution in [2.45, 2.75) is 26.9 Å². The summed E-state index contributed by atoms with van der Waals surface area (Å²) in [5.41, 5.74) is 1.97. The lowest BCUT2D eigenvalue weighted by molar-refractivity contribution is 0.286. The summed E-state index contributed by atoms with van der Waals surface area (Å²) in [5.74, 6) is 0.684. The molecule has 108 valence electrons. The average molecular weight is 290 g/mol. The fraction of sp³-hybridized carbons (Fsp3) is 0.438. The number of hydrogen-bond acceptors (Lipinski definition) is 4. The summed E-state index contributed by atoms with van der Waals surface area (Å²) < 4.78 is 0. The summed E-state index contributed by atoms with van der Waals surface area (Å²) in [6, 6.07) is 10.1. The van der Waals surface area contributed by atoms with Gasteiger partial charge in [-0.1, -0.05) is 55.5 Å². The molecule has 0 unspecified atom stereocenters. The van der Waals surface area contributed by atoms with Gasteiger partial charge in [0.1, 0.15) is 0 Å². The van der Waals surface area contributed by atoms with E-state index >= 15 is 0 Å². The Morgan fingerprint density at radius 2 is 1.95 bits per heavy atom. The minimum absolute atomic E-state index is 0.0416. The van der Waals surface area contributed by atoms with Gasteiger partial charge in [-0.3, -0.25) is 0 Å². The fourth-order valence-corrected chi connectivity index (χ4v) is 2.91. The maximum absolute atomic E-state index is 9.54. The van der Waals surface area contributed by atoms with Gasteiger partial charge in [-0.2, -0.15) is 0 Å². The van der Waals surface area contributed by atoms with Gasteiger partial charge in [0, 0.05) is 19.2 Å². The van der Waals surface area contributed by atoms with E-state index in [1.54, 1.807) is 11.3 Å². The van der Waals surface area contributed by atoms with Crippen molar-refractivity contribution in [1.29, 1.82) is 0 Å². The molecule has 4 heteroatoms. The highest BCUT2D eigenvalue weighted by Crippen LogP contribution is 2.32. The fourth-order valence-electron chi connectivity index (χ4n) is 1.98. The van der Waals surface area contributed by atoms with E-state index in [1.807, 2.05) is 30.3 Å². The van der Waals surface area contributed by atoms with E-state index in [0.717, 1.165) is 34.2 Å². The maximum Gasteiger partial charge on any atom is 0.185 e. The summed E-state index contributed by atoms with van der Waals surface area (Å²) in [6.45, 7) is 5.48. The maximum atomic E-state index is 9.54. The van der Waals surface area contributed by atoms with Crippen LogP contribution >= 0.6 is 11.3 Å². The molecule has 0 aliphatic carbocycles. The first-order valence-electron chi connectivity index (χ1n) is 6.99. The number of aliphatic hydroxyl groups excluding tert-OH is 1. The van der Waals surface area contributed by atoms with Crippen LogP contribution in [0, 0.1) is 5.92 Å². The van der Waals surface area contributed by atoms with E-state index in [4.69, 9.17) is 4.98 Å². The molecule has 1 heterocycles. The zero-order valence-electron chi connectivity index (χ0n) is 12.3. The van der Waals surface area contributed by atoms with Gasteiger partial charge in [0.15, 0.2) is 5.13 Å². The first kappa shape index (κ1) is 15.0. The molecule has 0 saturated carbocycles. The zero-order chi connectivity index (χ0) is 14.5. The second-order valence-corrected chi connectivity index (χ2v) is 6.46. The number of anilines is 1. The molecule has 0 amide bonds. The Morgan fingerprint density at radius 3 is 2.55 bits per heavy atom. The van der Waals surface area contributed by atoms with Gasteiger partial charge in [0.05, 0.1) is 17.2 Å². The second kappa shape index (κ2) is 6.86. The molecule has 1 N–H and O–H groups in total. The molecule has 20 heavy (non-hydrogen) atoms. The molecule has 2 rings (SSSR count). The van der Waals surface area contributed by atoms with Crippen molar-refractivity contribution in [2.24, 2.45) is 5.92 Å². The molecule has 0 radical (unpaired) electrons. The van der Waals surface area contributed by atoms with Crippen molar-refractivity contribution in [3.05, 3.63) is 35.2 Å². The van der Waals surface area contributed by atoms with Crippen LogP contribution in [0.25, 0.3) is 11.3 Å². The Kier molecular flexibility index (Phi) is 5.15. The Hall–Kier alpha value is -1.39. The van der Waals surface area contributed by atoms with Crippen molar-refractivity contribution < 1.29 is 5.11 Å². The van der Waals surface area contributed by atoms with E-state index in [-0.39, 0.29) is 6.61 Å². The number of nitrogens with zero attached hydrogens (tertiary/aromatic N) is 2. The van der Waals surface area contributed by atoms with E-state index in [0.29, 0.717) is 5.92 Å². The van der Waals surface area contributed by atoms with Crippen LogP contribution in [0.3, 0.4) is 0 Å². The normalized spacial score (nSPS) is 11.1. The summed E-state index contributed by atoms with van der Waals surface area (Å²) in [6.07, 6.45) is 1.14. The molecule has 0 spiro atoms. The quantitative estimate of drug-likeness (QED) is 0.879. The molecule has 0 aliphatic rings. The predicted octanol–water partition coefficient (Wildman–Crippen LogP) is 3.78. The third-order valence-corrected chi connectivity index (χ3v) is 4.40. The Morgan fingerprint density at radius 1 is 1.25 bits per heavy atom. The van der Waals surface area contributed by atoms with Crippen molar-refractivity contribution in [2.75, 3.05) is 18.5 Å². The highest BCUT2D eigenvalue weighted by molar-refractivity contribution is 7.16. The third-order valence-electron chi connectivity index (χ3n) is 3.25. The third kappa shape index (κ3) is 3.58. The van der Waals surface area contributed by atoms with Gasteiger partial charge in [-0.25, -0.2) is 4.98 Å². The van der Waals surface area contributed by atoms with Gasteiger partial charge in [0.2, 0.25) is 0 Å². The van der Waals surface area contributed by atoms with Gasteiger partial charge in [-0.15, -0.1) is 0 Å². The smallest absolute Gasteiger partial charge is 0.185 e. The van der Waals surface area contributed by atoms with Gasteiger partial charge < -0.3 is 10.0 Å². The SMILES string of the molecule is CC(C)CCN(C)c1nc(-c2ccccc2)c(CO)s1. The van der Waals surface area contributed by atoms with Gasteiger partial charge in [-0.05, 0) is 12.3 Å². The molecule has 0 bridgehead atoms. The van der Waals surface area contributed by atoms with Crippen LogP contribution in [-0.4, -0.2) is 23.7 Å². The van der Waals surface area contributed by atoms with E-state index in [2.05, 4.69) is 25.8 Å². The summed E-state index contributed by atoms with van der Waals surface area (Å²) >= 11 is 1.58. The number of benzene rings is 1. The van der Waals surface area contributed by atoms with E-state index < -0.39 is 0 Å². The number of hydrogen-bond donors (Lipinski definition) is 1. The lowest BCUT2D eigenvalue weighted by atomic mass is 10.1. The first-order valence-corrected chi connectivity index (χ1v) is 7.80. The molecule has 2 aromatic rings. The largest absolute Gasteiger partial charge is 0.391 e. The summed E-state index contributed by atoms with van der Waals surface area (Å²) in [4.78, 5) is 7.82. The van der Waals surface area contributed by atoms with Crippen LogP contribution in [0.2, 0.25) is 0 Å². The molecule has 0 fully saturated rings. The van der Waals surface area contributed by atoms with Gasteiger partial charge in [0.25, 0.3) is 0 Å². The first-order chi connectivity index (χ1) is 9.61. The minimum atomic E-state index is 0.0416. The van der Waals surface area contributed by atoms with E-state index in [1.165, 1.54) is 0 Å². The van der Waals surface area contributed by atoms with Crippen LogP contribution in [0.4, 0.5) is 5.13 Å². The average Bonchev–Trinajstić information content (AvgIpc) is 2.90. The number of aromatic nitrogens is 1. The second-order valence-electron chi connectivity index (χ2n) is 5.40. The molecule has 0 saturated heterocycles. The molecular formula is C16H22N2OS. The summed E-state index contributed by atoms with van der Waals surface area (Å²) in [5, 5.41) is 10.5. The van der Waals surface area contributed by atoms with Gasteiger partial charge >= 0.3 is 0 Å². The molecule has 3 nitrogen and oxygen atoms in total. The van der Waals surface area contributed by atoms with Crippen molar-refractivity contribution in [3.8, 4) is 11.3 Å². The summed E-state index contributed by atoms with van der Waals surface area (Å²) in [7, 11) is 2.07.